The van der Waals surface area contributed by atoms with Gasteiger partial charge in [-0.25, -0.2) is 0 Å². The maximum absolute atomic E-state index is 11.7. The highest BCUT2D eigenvalue weighted by molar-refractivity contribution is 5.78. The Labute approximate surface area is 109 Å². The van der Waals surface area contributed by atoms with Gasteiger partial charge in [0.25, 0.3) is 0 Å². The Morgan fingerprint density at radius 2 is 1.94 bits per heavy atom. The largest absolute Gasteiger partial charge is 0.459 e. The minimum atomic E-state index is -0.429. The van der Waals surface area contributed by atoms with Crippen molar-refractivity contribution in [1.29, 1.82) is 0 Å². The van der Waals surface area contributed by atoms with E-state index >= 15 is 0 Å². The molecule has 0 saturated heterocycles. The summed E-state index contributed by atoms with van der Waals surface area (Å²) in [5.41, 5.74) is 2.25. The van der Waals surface area contributed by atoms with Crippen molar-refractivity contribution < 1.29 is 9.53 Å². The van der Waals surface area contributed by atoms with Gasteiger partial charge in [0.2, 0.25) is 0 Å². The molecular formula is C15H20NO2. The number of hydrogen-bond donors (Lipinski definition) is 0. The predicted molar refractivity (Wildman–Crippen MR) is 70.7 cm³/mol. The Kier molecular flexibility index (Phi) is 3.71. The van der Waals surface area contributed by atoms with E-state index < -0.39 is 5.60 Å². The highest BCUT2D eigenvalue weighted by Gasteiger charge is 2.22. The Balaban J connectivity index is 1.92. The number of esters is 1. The first-order chi connectivity index (χ1) is 8.44. The number of rotatable bonds is 2. The van der Waals surface area contributed by atoms with Crippen LogP contribution in [-0.2, 0) is 22.5 Å². The molecule has 0 aliphatic carbocycles. The van der Waals surface area contributed by atoms with Crippen molar-refractivity contribution in [3.05, 3.63) is 41.9 Å². The number of ether oxygens (including phenoxy) is 1. The normalized spacial score (nSPS) is 16.2. The monoisotopic (exact) mass is 246 g/mol. The van der Waals surface area contributed by atoms with Crippen molar-refractivity contribution in [3.8, 4) is 0 Å². The van der Waals surface area contributed by atoms with E-state index in [1.165, 1.54) is 11.1 Å². The maximum Gasteiger partial charge on any atom is 0.326 e. The van der Waals surface area contributed by atoms with Gasteiger partial charge < -0.3 is 4.74 Å². The second-order valence-corrected chi connectivity index (χ2v) is 5.65. The zero-order valence-electron chi connectivity index (χ0n) is 11.3. The van der Waals surface area contributed by atoms with E-state index in [1.54, 1.807) is 6.54 Å². The molecule has 1 heterocycles. The smallest absolute Gasteiger partial charge is 0.326 e. The van der Waals surface area contributed by atoms with Gasteiger partial charge in [0, 0.05) is 13.1 Å². The molecule has 1 radical (unpaired) electrons. The van der Waals surface area contributed by atoms with E-state index in [1.807, 2.05) is 31.7 Å². The summed E-state index contributed by atoms with van der Waals surface area (Å²) in [6.07, 6.45) is 0.982. The average molecular weight is 246 g/mol. The fourth-order valence-electron chi connectivity index (χ4n) is 2.10. The molecular weight excluding hydrogens is 226 g/mol. The van der Waals surface area contributed by atoms with Gasteiger partial charge >= 0.3 is 5.97 Å². The first-order valence-corrected chi connectivity index (χ1v) is 6.33. The zero-order chi connectivity index (χ0) is 13.2. The molecule has 2 rings (SSSR count). The molecule has 97 valence electrons. The first-order valence-electron chi connectivity index (χ1n) is 6.33. The molecule has 0 fully saturated rings. The van der Waals surface area contributed by atoms with Gasteiger partial charge in [-0.05, 0) is 38.3 Å². The van der Waals surface area contributed by atoms with Crippen molar-refractivity contribution >= 4 is 5.97 Å². The van der Waals surface area contributed by atoms with Crippen molar-refractivity contribution in [2.24, 2.45) is 0 Å². The summed E-state index contributed by atoms with van der Waals surface area (Å²) in [7, 11) is 0. The van der Waals surface area contributed by atoms with Crippen LogP contribution in [0.4, 0.5) is 0 Å². The van der Waals surface area contributed by atoms with Crippen molar-refractivity contribution in [2.45, 2.75) is 39.3 Å². The second kappa shape index (κ2) is 5.11. The lowest BCUT2D eigenvalue weighted by Crippen LogP contribution is -2.34. The van der Waals surface area contributed by atoms with Crippen LogP contribution < -0.4 is 0 Å². The van der Waals surface area contributed by atoms with Gasteiger partial charge in [0.1, 0.15) is 12.1 Å². The van der Waals surface area contributed by atoms with E-state index in [9.17, 15) is 4.79 Å². The van der Waals surface area contributed by atoms with Gasteiger partial charge in [-0.1, -0.05) is 24.3 Å². The van der Waals surface area contributed by atoms with Crippen LogP contribution in [-0.4, -0.2) is 23.0 Å². The van der Waals surface area contributed by atoms with Crippen LogP contribution in [0.1, 0.15) is 31.9 Å². The third-order valence-corrected chi connectivity index (χ3v) is 2.85. The number of nitrogens with zero attached hydrogens (tertiary/aromatic N) is 1. The molecule has 3 heteroatoms. The average Bonchev–Trinajstić information content (AvgIpc) is 2.26. The van der Waals surface area contributed by atoms with Crippen LogP contribution in [0.3, 0.4) is 0 Å². The fourth-order valence-corrected chi connectivity index (χ4v) is 2.10. The number of hydrogen-bond acceptors (Lipinski definition) is 3. The predicted octanol–water partition coefficient (Wildman–Crippen LogP) is 2.55. The number of carbonyl (C=O) groups is 1. The zero-order valence-corrected chi connectivity index (χ0v) is 11.3. The molecule has 0 spiro atoms. The summed E-state index contributed by atoms with van der Waals surface area (Å²) in [5, 5.41) is 0. The maximum atomic E-state index is 11.7. The number of carbonyl (C=O) groups excluding carboxylic acids is 1. The standard InChI is InChI=1S/C15H20NO2/c1-15(2,3)18-14(17)11-16-9-8-12-6-4-5-7-13(12)10-16/h4-7,11H,8-10H2,1-3H3. The summed E-state index contributed by atoms with van der Waals surface area (Å²) >= 11 is 0. The Hall–Kier alpha value is -1.35. The Morgan fingerprint density at radius 1 is 1.28 bits per heavy atom. The summed E-state index contributed by atoms with van der Waals surface area (Å²) in [5.74, 6) is -0.262. The van der Waals surface area contributed by atoms with Gasteiger partial charge in [-0.2, -0.15) is 0 Å². The molecule has 1 aliphatic rings. The van der Waals surface area contributed by atoms with Crippen LogP contribution >= 0.6 is 0 Å². The van der Waals surface area contributed by atoms with E-state index in [0.29, 0.717) is 0 Å². The lowest BCUT2D eigenvalue weighted by Gasteiger charge is -2.28. The summed E-state index contributed by atoms with van der Waals surface area (Å²) in [4.78, 5) is 13.7. The second-order valence-electron chi connectivity index (χ2n) is 5.65. The van der Waals surface area contributed by atoms with E-state index in [-0.39, 0.29) is 5.97 Å². The molecule has 1 aliphatic heterocycles. The Morgan fingerprint density at radius 3 is 2.61 bits per heavy atom. The minimum Gasteiger partial charge on any atom is -0.459 e. The van der Waals surface area contributed by atoms with Crippen molar-refractivity contribution in [2.75, 3.05) is 6.54 Å². The highest BCUT2D eigenvalue weighted by Crippen LogP contribution is 2.20. The summed E-state index contributed by atoms with van der Waals surface area (Å²) in [6, 6.07) is 8.37. The molecule has 0 N–H and O–H groups in total. The van der Waals surface area contributed by atoms with Crippen LogP contribution in [0.2, 0.25) is 0 Å². The summed E-state index contributed by atoms with van der Waals surface area (Å²) in [6.45, 7) is 8.88. The van der Waals surface area contributed by atoms with Crippen LogP contribution in [0, 0.1) is 6.54 Å². The fraction of sp³-hybridized carbons (Fsp3) is 0.467. The molecule has 3 nitrogen and oxygen atoms in total. The number of benzene rings is 1. The molecule has 0 atom stereocenters. The van der Waals surface area contributed by atoms with E-state index in [4.69, 9.17) is 4.74 Å². The molecule has 0 unspecified atom stereocenters. The highest BCUT2D eigenvalue weighted by atomic mass is 16.6. The SMILES string of the molecule is CC(C)(C)OC(=O)[CH]N1CCc2ccccc2C1. The molecule has 0 bridgehead atoms. The third-order valence-electron chi connectivity index (χ3n) is 2.85. The van der Waals surface area contributed by atoms with E-state index in [0.717, 1.165) is 19.5 Å². The molecule has 0 aromatic heterocycles. The third kappa shape index (κ3) is 3.57. The lowest BCUT2D eigenvalue weighted by atomic mass is 10.00. The quantitative estimate of drug-likeness (QED) is 0.751. The number of fused-ring (bicyclic) bond motifs is 1. The van der Waals surface area contributed by atoms with E-state index in [2.05, 4.69) is 18.2 Å². The molecule has 1 aromatic carbocycles. The van der Waals surface area contributed by atoms with Gasteiger partial charge in [0.05, 0.1) is 0 Å². The Bertz CT molecular complexity index is 434. The van der Waals surface area contributed by atoms with Gasteiger partial charge in [-0.3, -0.25) is 9.69 Å². The topological polar surface area (TPSA) is 29.5 Å². The van der Waals surface area contributed by atoms with Crippen LogP contribution in [0.15, 0.2) is 24.3 Å². The minimum absolute atomic E-state index is 0.262. The molecule has 0 saturated carbocycles. The van der Waals surface area contributed by atoms with Crippen molar-refractivity contribution in [1.82, 2.24) is 4.90 Å². The van der Waals surface area contributed by atoms with Gasteiger partial charge in [0.15, 0.2) is 0 Å². The lowest BCUT2D eigenvalue weighted by molar-refractivity contribution is -0.152. The summed E-state index contributed by atoms with van der Waals surface area (Å²) < 4.78 is 5.29. The van der Waals surface area contributed by atoms with Crippen LogP contribution in [0.5, 0.6) is 0 Å². The van der Waals surface area contributed by atoms with Gasteiger partial charge in [-0.15, -0.1) is 0 Å². The van der Waals surface area contributed by atoms with Crippen LogP contribution in [0.25, 0.3) is 0 Å². The first kappa shape index (κ1) is 13.1. The molecule has 18 heavy (non-hydrogen) atoms. The molecule has 0 amide bonds. The van der Waals surface area contributed by atoms with Crippen molar-refractivity contribution in [3.63, 3.8) is 0 Å². The molecule has 1 aromatic rings.